The Balaban J connectivity index is 1.99. The van der Waals surface area contributed by atoms with Crippen molar-refractivity contribution in [3.8, 4) is 17.6 Å². The lowest BCUT2D eigenvalue weighted by Gasteiger charge is -2.04. The first-order valence-electron chi connectivity index (χ1n) is 7.64. The molecule has 1 amide bonds. The minimum atomic E-state index is -0.457. The minimum absolute atomic E-state index is 0.0219. The average Bonchev–Trinajstić information content (AvgIpc) is 2.61. The summed E-state index contributed by atoms with van der Waals surface area (Å²) in [5.41, 5.74) is 2.69. The third-order valence-electron chi connectivity index (χ3n) is 3.49. The summed E-state index contributed by atoms with van der Waals surface area (Å²) >= 11 is 0. The molecular formula is C20H18N2O3. The molecule has 0 aliphatic carbocycles. The number of carbonyl (C=O) groups excluding carboxylic acids is 1. The first-order chi connectivity index (χ1) is 12.0. The Hall–Kier alpha value is -3.52. The molecule has 0 spiro atoms. The van der Waals surface area contributed by atoms with E-state index >= 15 is 0 Å². The van der Waals surface area contributed by atoms with E-state index in [0.717, 1.165) is 11.1 Å². The van der Waals surface area contributed by atoms with Crippen molar-refractivity contribution in [1.29, 1.82) is 5.26 Å². The summed E-state index contributed by atoms with van der Waals surface area (Å²) in [6.07, 6.45) is 4.55. The fourth-order valence-electron chi connectivity index (χ4n) is 2.05. The first kappa shape index (κ1) is 17.8. The van der Waals surface area contributed by atoms with Crippen molar-refractivity contribution in [1.82, 2.24) is 5.32 Å². The van der Waals surface area contributed by atoms with Crippen LogP contribution in [0.1, 0.15) is 16.7 Å². The van der Waals surface area contributed by atoms with E-state index in [9.17, 15) is 15.0 Å². The third-order valence-corrected chi connectivity index (χ3v) is 3.49. The van der Waals surface area contributed by atoms with E-state index in [0.29, 0.717) is 12.1 Å². The van der Waals surface area contributed by atoms with Crippen molar-refractivity contribution in [2.75, 3.05) is 0 Å². The highest BCUT2D eigenvalue weighted by atomic mass is 16.3. The molecule has 0 radical (unpaired) electrons. The molecule has 2 aromatic rings. The molecule has 0 aliphatic rings. The van der Waals surface area contributed by atoms with Crippen molar-refractivity contribution in [3.05, 3.63) is 76.9 Å². The number of hydrogen-bond acceptors (Lipinski definition) is 4. The third kappa shape index (κ3) is 5.26. The molecule has 2 rings (SSSR count). The molecule has 126 valence electrons. The van der Waals surface area contributed by atoms with E-state index in [2.05, 4.69) is 5.32 Å². The number of carbonyl (C=O) groups is 1. The molecule has 25 heavy (non-hydrogen) atoms. The van der Waals surface area contributed by atoms with Crippen molar-refractivity contribution < 1.29 is 15.0 Å². The summed E-state index contributed by atoms with van der Waals surface area (Å²) < 4.78 is 0. The monoisotopic (exact) mass is 334 g/mol. The summed E-state index contributed by atoms with van der Waals surface area (Å²) in [5, 5.41) is 30.5. The van der Waals surface area contributed by atoms with Gasteiger partial charge in [0.2, 0.25) is 0 Å². The van der Waals surface area contributed by atoms with Crippen LogP contribution >= 0.6 is 0 Å². The van der Waals surface area contributed by atoms with Crippen LogP contribution in [0.5, 0.6) is 11.5 Å². The Morgan fingerprint density at radius 2 is 1.88 bits per heavy atom. The highest BCUT2D eigenvalue weighted by Crippen LogP contribution is 2.25. The van der Waals surface area contributed by atoms with Crippen LogP contribution in [-0.2, 0) is 11.3 Å². The van der Waals surface area contributed by atoms with Gasteiger partial charge in [-0.25, -0.2) is 0 Å². The molecule has 0 atom stereocenters. The maximum absolute atomic E-state index is 12.0. The molecule has 0 aliphatic heterocycles. The molecule has 2 aromatic carbocycles. The van der Waals surface area contributed by atoms with E-state index in [1.807, 2.05) is 37.3 Å². The number of nitrogens with one attached hydrogen (secondary N) is 1. The van der Waals surface area contributed by atoms with Gasteiger partial charge in [-0.3, -0.25) is 4.79 Å². The number of allylic oxidation sites excluding steroid dienone is 2. The summed E-state index contributed by atoms with van der Waals surface area (Å²) in [5.74, 6) is -0.898. The number of hydrogen-bond donors (Lipinski definition) is 3. The topological polar surface area (TPSA) is 93.4 Å². The predicted octanol–water partition coefficient (Wildman–Crippen LogP) is 3.19. The summed E-state index contributed by atoms with van der Waals surface area (Å²) in [4.78, 5) is 12.0. The van der Waals surface area contributed by atoms with Gasteiger partial charge in [-0.2, -0.15) is 5.26 Å². The second-order valence-electron chi connectivity index (χ2n) is 5.47. The Kier molecular flexibility index (Phi) is 5.97. The number of nitriles is 1. The van der Waals surface area contributed by atoms with Gasteiger partial charge in [0.15, 0.2) is 11.5 Å². The van der Waals surface area contributed by atoms with Crippen LogP contribution in [0.3, 0.4) is 0 Å². The van der Waals surface area contributed by atoms with E-state index in [1.165, 1.54) is 24.3 Å². The molecule has 0 saturated heterocycles. The lowest BCUT2D eigenvalue weighted by Crippen LogP contribution is -2.23. The van der Waals surface area contributed by atoms with Crippen LogP contribution in [0.25, 0.3) is 6.08 Å². The van der Waals surface area contributed by atoms with Gasteiger partial charge in [-0.15, -0.1) is 0 Å². The standard InChI is InChI=1S/C20H18N2O3/c1-14-5-7-16(8-6-14)13-22-20(25)17(12-21)4-2-3-15-9-10-18(23)19(24)11-15/h2-11,23-24H,13H2,1H3,(H,22,25)/b3-2+,17-4+. The van der Waals surface area contributed by atoms with E-state index < -0.39 is 5.91 Å². The maximum atomic E-state index is 12.0. The van der Waals surface area contributed by atoms with Gasteiger partial charge in [0.05, 0.1) is 0 Å². The van der Waals surface area contributed by atoms with Crippen molar-refractivity contribution >= 4 is 12.0 Å². The smallest absolute Gasteiger partial charge is 0.262 e. The van der Waals surface area contributed by atoms with Crippen LogP contribution in [0.15, 0.2) is 60.2 Å². The van der Waals surface area contributed by atoms with Gasteiger partial charge in [-0.05, 0) is 36.3 Å². The zero-order valence-corrected chi connectivity index (χ0v) is 13.7. The van der Waals surface area contributed by atoms with Crippen molar-refractivity contribution in [2.45, 2.75) is 13.5 Å². The second-order valence-corrected chi connectivity index (χ2v) is 5.47. The lowest BCUT2D eigenvalue weighted by atomic mass is 10.1. The molecule has 5 heteroatoms. The summed E-state index contributed by atoms with van der Waals surface area (Å²) in [6.45, 7) is 2.33. The van der Waals surface area contributed by atoms with E-state index in [1.54, 1.807) is 12.1 Å². The largest absolute Gasteiger partial charge is 0.504 e. The number of benzene rings is 2. The van der Waals surface area contributed by atoms with Gasteiger partial charge < -0.3 is 15.5 Å². The van der Waals surface area contributed by atoms with Gasteiger partial charge in [0, 0.05) is 6.54 Å². The molecule has 0 bridgehead atoms. The maximum Gasteiger partial charge on any atom is 0.262 e. The number of aryl methyl sites for hydroxylation is 1. The molecule has 0 unspecified atom stereocenters. The van der Waals surface area contributed by atoms with Gasteiger partial charge in [0.25, 0.3) is 5.91 Å². The van der Waals surface area contributed by atoms with Crippen molar-refractivity contribution in [3.63, 3.8) is 0 Å². The van der Waals surface area contributed by atoms with Crippen molar-refractivity contribution in [2.24, 2.45) is 0 Å². The first-order valence-corrected chi connectivity index (χ1v) is 7.64. The quantitative estimate of drug-likeness (QED) is 0.339. The summed E-state index contributed by atoms with van der Waals surface area (Å²) in [7, 11) is 0. The number of amides is 1. The number of nitrogens with zero attached hydrogens (tertiary/aromatic N) is 1. The lowest BCUT2D eigenvalue weighted by molar-refractivity contribution is -0.117. The molecule has 0 aromatic heterocycles. The molecule has 0 fully saturated rings. The van der Waals surface area contributed by atoms with Crippen LogP contribution in [0, 0.1) is 18.3 Å². The van der Waals surface area contributed by atoms with Crippen LogP contribution in [0.4, 0.5) is 0 Å². The van der Waals surface area contributed by atoms with E-state index in [4.69, 9.17) is 5.26 Å². The average molecular weight is 334 g/mol. The van der Waals surface area contributed by atoms with Gasteiger partial charge >= 0.3 is 0 Å². The Morgan fingerprint density at radius 1 is 1.16 bits per heavy atom. The zero-order chi connectivity index (χ0) is 18.2. The summed E-state index contributed by atoms with van der Waals surface area (Å²) in [6, 6.07) is 14.0. The SMILES string of the molecule is Cc1ccc(CNC(=O)/C(C#N)=C/C=C/c2ccc(O)c(O)c2)cc1. The van der Waals surface area contributed by atoms with Crippen LogP contribution in [-0.4, -0.2) is 16.1 Å². The molecule has 3 N–H and O–H groups in total. The molecular weight excluding hydrogens is 316 g/mol. The number of aromatic hydroxyl groups is 2. The van der Waals surface area contributed by atoms with E-state index in [-0.39, 0.29) is 17.1 Å². The molecule has 0 saturated carbocycles. The normalized spacial score (nSPS) is 11.3. The highest BCUT2D eigenvalue weighted by molar-refractivity contribution is 5.97. The second kappa shape index (κ2) is 8.37. The fraction of sp³-hybridized carbons (Fsp3) is 0.100. The number of rotatable bonds is 5. The minimum Gasteiger partial charge on any atom is -0.504 e. The number of phenols is 2. The van der Waals surface area contributed by atoms with Gasteiger partial charge in [0.1, 0.15) is 11.6 Å². The fourth-order valence-corrected chi connectivity index (χ4v) is 2.05. The Labute approximate surface area is 146 Å². The molecule has 5 nitrogen and oxygen atoms in total. The van der Waals surface area contributed by atoms with Gasteiger partial charge in [-0.1, -0.05) is 48.0 Å². The Bertz CT molecular complexity index is 860. The Morgan fingerprint density at radius 3 is 2.52 bits per heavy atom. The highest BCUT2D eigenvalue weighted by Gasteiger charge is 2.07. The number of phenolic OH excluding ortho intramolecular Hbond substituents is 2. The van der Waals surface area contributed by atoms with Crippen LogP contribution < -0.4 is 5.32 Å². The zero-order valence-electron chi connectivity index (χ0n) is 13.7. The molecule has 0 heterocycles. The predicted molar refractivity (Wildman–Crippen MR) is 95.5 cm³/mol. The van der Waals surface area contributed by atoms with Crippen LogP contribution in [0.2, 0.25) is 0 Å².